The molecule has 0 aliphatic heterocycles. The Morgan fingerprint density at radius 1 is 0.380 bits per heavy atom. The molecule has 0 aromatic carbocycles. The quantitative estimate of drug-likeness (QED) is 0.0320. The van der Waals surface area contributed by atoms with Gasteiger partial charge in [0.2, 0.25) is 5.91 Å². The molecule has 0 aliphatic rings. The van der Waals surface area contributed by atoms with E-state index in [0.29, 0.717) is 25.9 Å². The maximum atomic E-state index is 12.5. The van der Waals surface area contributed by atoms with Gasteiger partial charge in [0, 0.05) is 12.8 Å². The van der Waals surface area contributed by atoms with Crippen LogP contribution in [0.3, 0.4) is 0 Å². The van der Waals surface area contributed by atoms with Gasteiger partial charge >= 0.3 is 5.97 Å². The highest BCUT2D eigenvalue weighted by Crippen LogP contribution is 2.18. The average molecular weight is 1000 g/mol. The van der Waals surface area contributed by atoms with E-state index in [0.717, 1.165) is 44.9 Å². The lowest BCUT2D eigenvalue weighted by Crippen LogP contribution is -2.45. The summed E-state index contributed by atoms with van der Waals surface area (Å²) in [5.74, 6) is -0.0289. The third kappa shape index (κ3) is 57.5. The second kappa shape index (κ2) is 60.9. The third-order valence-electron chi connectivity index (χ3n) is 15.0. The Labute approximate surface area is 443 Å². The van der Waals surface area contributed by atoms with Crippen molar-refractivity contribution in [3.05, 3.63) is 24.3 Å². The van der Waals surface area contributed by atoms with Gasteiger partial charge in [0.05, 0.1) is 25.4 Å². The number of rotatable bonds is 60. The smallest absolute Gasteiger partial charge is 0.305 e. The predicted octanol–water partition coefficient (Wildman–Crippen LogP) is 20.2. The fourth-order valence-electron chi connectivity index (χ4n) is 10.0. The summed E-state index contributed by atoms with van der Waals surface area (Å²) in [6, 6.07) is -0.541. The molecule has 0 rings (SSSR count). The summed E-state index contributed by atoms with van der Waals surface area (Å²) in [4.78, 5) is 24.5. The fourth-order valence-corrected chi connectivity index (χ4v) is 10.0. The summed E-state index contributed by atoms with van der Waals surface area (Å²) < 4.78 is 5.49. The van der Waals surface area contributed by atoms with Gasteiger partial charge < -0.3 is 20.3 Å². The lowest BCUT2D eigenvalue weighted by atomic mass is 10.0. The van der Waals surface area contributed by atoms with Gasteiger partial charge in [0.15, 0.2) is 0 Å². The molecule has 2 unspecified atom stereocenters. The number of ether oxygens (including phenoxy) is 1. The molecule has 2 atom stereocenters. The molecule has 0 saturated heterocycles. The van der Waals surface area contributed by atoms with E-state index in [1.807, 2.05) is 0 Å². The summed E-state index contributed by atoms with van der Waals surface area (Å²) in [7, 11) is 0. The first-order chi connectivity index (χ1) is 35.0. The zero-order chi connectivity index (χ0) is 51.4. The number of carbonyl (C=O) groups is 2. The van der Waals surface area contributed by atoms with Gasteiger partial charge in [-0.05, 0) is 77.0 Å². The Hall–Kier alpha value is -1.66. The molecule has 3 N–H and O–H groups in total. The van der Waals surface area contributed by atoms with E-state index in [1.54, 1.807) is 0 Å². The highest BCUT2D eigenvalue weighted by Gasteiger charge is 2.20. The van der Waals surface area contributed by atoms with E-state index in [-0.39, 0.29) is 18.5 Å². The number of hydrogen-bond acceptors (Lipinski definition) is 5. The number of allylic oxidation sites excluding steroid dienone is 4. The average Bonchev–Trinajstić information content (AvgIpc) is 3.37. The molecule has 0 aliphatic carbocycles. The maximum Gasteiger partial charge on any atom is 0.305 e. The lowest BCUT2D eigenvalue weighted by Gasteiger charge is -2.22. The van der Waals surface area contributed by atoms with Crippen LogP contribution in [0.15, 0.2) is 24.3 Å². The van der Waals surface area contributed by atoms with E-state index in [2.05, 4.69) is 43.5 Å². The Bertz CT molecular complexity index is 1110. The molecule has 0 aromatic rings. The maximum absolute atomic E-state index is 12.5. The van der Waals surface area contributed by atoms with Gasteiger partial charge in [-0.15, -0.1) is 0 Å². The Balaban J connectivity index is 3.37. The number of aliphatic hydroxyl groups is 2. The van der Waals surface area contributed by atoms with Crippen molar-refractivity contribution in [1.82, 2.24) is 5.32 Å². The zero-order valence-corrected chi connectivity index (χ0v) is 48.0. The van der Waals surface area contributed by atoms with E-state index < -0.39 is 12.1 Å². The van der Waals surface area contributed by atoms with Crippen molar-refractivity contribution >= 4 is 11.9 Å². The van der Waals surface area contributed by atoms with E-state index >= 15 is 0 Å². The normalized spacial score (nSPS) is 12.7. The largest absolute Gasteiger partial charge is 0.466 e. The molecule has 0 bridgehead atoms. The third-order valence-corrected chi connectivity index (χ3v) is 15.0. The number of aliphatic hydroxyl groups excluding tert-OH is 2. The van der Waals surface area contributed by atoms with E-state index in [1.165, 1.54) is 276 Å². The van der Waals surface area contributed by atoms with Crippen molar-refractivity contribution in [3.63, 3.8) is 0 Å². The number of amides is 1. The van der Waals surface area contributed by atoms with Crippen LogP contribution in [0.1, 0.15) is 354 Å². The Kier molecular flexibility index (Phi) is 59.5. The number of nitrogens with one attached hydrogen (secondary N) is 1. The molecular weight excluding hydrogens is 875 g/mol. The molecule has 0 spiro atoms. The first-order valence-electron chi connectivity index (χ1n) is 32.1. The van der Waals surface area contributed by atoms with Gasteiger partial charge in [-0.25, -0.2) is 0 Å². The van der Waals surface area contributed by atoms with Crippen LogP contribution >= 0.6 is 0 Å². The summed E-state index contributed by atoms with van der Waals surface area (Å²) >= 11 is 0. The molecule has 0 radical (unpaired) electrons. The van der Waals surface area contributed by atoms with Gasteiger partial charge in [0.1, 0.15) is 0 Å². The number of unbranched alkanes of at least 4 members (excludes halogenated alkanes) is 45. The first kappa shape index (κ1) is 69.3. The van der Waals surface area contributed by atoms with Crippen molar-refractivity contribution < 1.29 is 24.5 Å². The molecule has 6 heteroatoms. The summed E-state index contributed by atoms with van der Waals surface area (Å²) in [5.41, 5.74) is 0. The number of esters is 1. The first-order valence-corrected chi connectivity index (χ1v) is 32.1. The zero-order valence-electron chi connectivity index (χ0n) is 48.0. The lowest BCUT2D eigenvalue weighted by molar-refractivity contribution is -0.143. The second-order valence-corrected chi connectivity index (χ2v) is 22.1. The van der Waals surface area contributed by atoms with Crippen molar-refractivity contribution in [3.8, 4) is 0 Å². The SMILES string of the molecule is CCCCCCCCC/C=C\CCCCCCCC(=O)OCCCCCCCCCCCCCC/C=C\CCCCCCCCCCCCC(=O)NC(CO)C(O)CCCCCCCCCCCCCC. The van der Waals surface area contributed by atoms with Gasteiger partial charge in [-0.1, -0.05) is 289 Å². The van der Waals surface area contributed by atoms with Crippen LogP contribution in [0, 0.1) is 0 Å². The predicted molar refractivity (Wildman–Crippen MR) is 310 cm³/mol. The Morgan fingerprint density at radius 2 is 0.662 bits per heavy atom. The van der Waals surface area contributed by atoms with Crippen molar-refractivity contribution in [2.24, 2.45) is 0 Å². The molecular formula is C65H125NO5. The standard InChI is InChI=1S/C65H125NO5/c1-3-5-7-9-11-13-15-17-18-32-35-39-43-47-51-55-59-65(70)71-60-56-52-48-44-40-36-33-30-28-26-24-22-20-19-21-23-25-27-29-31-34-38-42-46-50-54-58-64(69)66-62(61-67)63(68)57-53-49-45-41-37-16-14-12-10-8-6-4-2/h18-19,21,32,62-63,67-68H,3-17,20,22-31,33-61H2,1-2H3,(H,66,69)/b21-19-,32-18-. The molecule has 0 saturated carbocycles. The van der Waals surface area contributed by atoms with Crippen LogP contribution in [0.25, 0.3) is 0 Å². The molecule has 0 heterocycles. The van der Waals surface area contributed by atoms with Gasteiger partial charge in [-0.3, -0.25) is 9.59 Å². The van der Waals surface area contributed by atoms with E-state index in [9.17, 15) is 19.8 Å². The Morgan fingerprint density at radius 3 is 1.00 bits per heavy atom. The summed E-state index contributed by atoms with van der Waals surface area (Å²) in [5, 5.41) is 23.2. The highest BCUT2D eigenvalue weighted by molar-refractivity contribution is 5.76. The second-order valence-electron chi connectivity index (χ2n) is 22.1. The van der Waals surface area contributed by atoms with Gasteiger partial charge in [-0.2, -0.15) is 0 Å². The summed E-state index contributed by atoms with van der Waals surface area (Å²) in [6.07, 6.45) is 74.9. The highest BCUT2D eigenvalue weighted by atomic mass is 16.5. The van der Waals surface area contributed by atoms with E-state index in [4.69, 9.17) is 4.74 Å². The molecule has 0 fully saturated rings. The van der Waals surface area contributed by atoms with Crippen molar-refractivity contribution in [2.75, 3.05) is 13.2 Å². The molecule has 6 nitrogen and oxygen atoms in total. The minimum Gasteiger partial charge on any atom is -0.466 e. The summed E-state index contributed by atoms with van der Waals surface area (Å²) in [6.45, 7) is 4.96. The monoisotopic (exact) mass is 1000 g/mol. The molecule has 71 heavy (non-hydrogen) atoms. The minimum absolute atomic E-state index is 0.00729. The van der Waals surface area contributed by atoms with Crippen LogP contribution in [0.2, 0.25) is 0 Å². The van der Waals surface area contributed by atoms with Crippen LogP contribution in [-0.2, 0) is 14.3 Å². The van der Waals surface area contributed by atoms with Crippen molar-refractivity contribution in [1.29, 1.82) is 0 Å². The van der Waals surface area contributed by atoms with Gasteiger partial charge in [0.25, 0.3) is 0 Å². The molecule has 420 valence electrons. The molecule has 0 aromatic heterocycles. The van der Waals surface area contributed by atoms with Crippen molar-refractivity contribution in [2.45, 2.75) is 366 Å². The van der Waals surface area contributed by atoms with Crippen LogP contribution in [-0.4, -0.2) is 47.4 Å². The fraction of sp³-hybridized carbons (Fsp3) is 0.908. The minimum atomic E-state index is -0.664. The number of hydrogen-bond donors (Lipinski definition) is 3. The van der Waals surface area contributed by atoms with Crippen LogP contribution in [0.4, 0.5) is 0 Å². The number of carbonyl (C=O) groups excluding carboxylic acids is 2. The van der Waals surface area contributed by atoms with Crippen LogP contribution < -0.4 is 5.32 Å². The topological polar surface area (TPSA) is 95.9 Å². The van der Waals surface area contributed by atoms with Crippen LogP contribution in [0.5, 0.6) is 0 Å². The molecule has 1 amide bonds.